The highest BCUT2D eigenvalue weighted by Crippen LogP contribution is 2.50. The van der Waals surface area contributed by atoms with Gasteiger partial charge < -0.3 is 25.0 Å². The third kappa shape index (κ3) is 3.43. The number of benzene rings is 1. The van der Waals surface area contributed by atoms with Crippen LogP contribution in [0.1, 0.15) is 23.5 Å². The Morgan fingerprint density at radius 1 is 1.21 bits per heavy atom. The predicted octanol–water partition coefficient (Wildman–Crippen LogP) is 3.76. The molecule has 0 unspecified atom stereocenters. The van der Waals surface area contributed by atoms with Gasteiger partial charge in [-0.05, 0) is 36.7 Å². The van der Waals surface area contributed by atoms with Gasteiger partial charge in [0.05, 0.1) is 25.5 Å². The van der Waals surface area contributed by atoms with E-state index in [2.05, 4.69) is 15.6 Å². The van der Waals surface area contributed by atoms with Crippen molar-refractivity contribution in [1.29, 1.82) is 0 Å². The second kappa shape index (κ2) is 7.29. The lowest BCUT2D eigenvalue weighted by Gasteiger charge is -2.31. The molecule has 2 aromatic rings. The Hall–Kier alpha value is -2.68. The van der Waals surface area contributed by atoms with E-state index >= 15 is 0 Å². The number of methoxy groups -OCH3 is 2. The number of halogens is 3. The van der Waals surface area contributed by atoms with Crippen molar-refractivity contribution in [3.63, 3.8) is 0 Å². The van der Waals surface area contributed by atoms with Crippen LogP contribution < -0.4 is 25.0 Å². The summed E-state index contributed by atoms with van der Waals surface area (Å²) < 4.78 is 52.1. The molecule has 2 atom stereocenters. The Labute approximate surface area is 167 Å². The molecular weight excluding hydrogens is 385 g/mol. The largest absolute Gasteiger partial charge is 0.481 e. The first-order valence-electron chi connectivity index (χ1n) is 9.38. The Morgan fingerprint density at radius 3 is 2.69 bits per heavy atom. The molecule has 0 saturated carbocycles. The summed E-state index contributed by atoms with van der Waals surface area (Å²) in [4.78, 5) is 5.97. The van der Waals surface area contributed by atoms with E-state index in [-0.39, 0.29) is 23.5 Å². The van der Waals surface area contributed by atoms with E-state index < -0.39 is 11.7 Å². The van der Waals surface area contributed by atoms with Crippen LogP contribution in [0.2, 0.25) is 0 Å². The Kier molecular flexibility index (Phi) is 4.94. The lowest BCUT2D eigenvalue weighted by atomic mass is 9.89. The van der Waals surface area contributed by atoms with Gasteiger partial charge >= 0.3 is 6.18 Å². The monoisotopic (exact) mass is 408 g/mol. The number of ether oxygens (including phenoxy) is 2. The summed E-state index contributed by atoms with van der Waals surface area (Å²) in [5.41, 5.74) is 1.17. The molecule has 0 bridgehead atoms. The molecule has 1 saturated heterocycles. The molecule has 1 aromatic heterocycles. The molecule has 29 heavy (non-hydrogen) atoms. The summed E-state index contributed by atoms with van der Waals surface area (Å²) >= 11 is 0. The number of alkyl halides is 3. The molecule has 1 fully saturated rings. The number of rotatable bonds is 4. The van der Waals surface area contributed by atoms with Crippen molar-refractivity contribution in [1.82, 2.24) is 10.3 Å². The number of nitrogens with one attached hydrogen (secondary N) is 2. The van der Waals surface area contributed by atoms with Crippen LogP contribution >= 0.6 is 0 Å². The van der Waals surface area contributed by atoms with Crippen LogP contribution in [-0.2, 0) is 6.18 Å². The van der Waals surface area contributed by atoms with E-state index in [1.807, 2.05) is 6.07 Å². The first kappa shape index (κ1) is 19.6. The van der Waals surface area contributed by atoms with E-state index in [4.69, 9.17) is 9.47 Å². The minimum Gasteiger partial charge on any atom is -0.481 e. The number of hydrogen-bond donors (Lipinski definition) is 2. The summed E-state index contributed by atoms with van der Waals surface area (Å²) in [6.07, 6.45) is -3.65. The summed E-state index contributed by atoms with van der Waals surface area (Å²) in [5, 5.41) is 6.35. The van der Waals surface area contributed by atoms with E-state index in [1.165, 1.54) is 14.2 Å². The maximum absolute atomic E-state index is 13.9. The highest BCUT2D eigenvalue weighted by Gasteiger charge is 2.45. The molecule has 2 aliphatic heterocycles. The number of likely N-dealkylation sites (N-methyl/N-ethyl adjacent to an activating group) is 1. The van der Waals surface area contributed by atoms with Gasteiger partial charge in [-0.3, -0.25) is 0 Å². The molecule has 0 aliphatic carbocycles. The number of pyridine rings is 1. The van der Waals surface area contributed by atoms with Crippen LogP contribution in [0.15, 0.2) is 24.3 Å². The zero-order chi connectivity index (χ0) is 20.8. The quantitative estimate of drug-likeness (QED) is 0.804. The Morgan fingerprint density at radius 2 is 2.00 bits per heavy atom. The molecule has 1 aromatic carbocycles. The molecule has 0 amide bonds. The maximum atomic E-state index is 13.9. The summed E-state index contributed by atoms with van der Waals surface area (Å²) in [6.45, 7) is 1.47. The third-order valence-corrected chi connectivity index (χ3v) is 5.66. The molecule has 6 nitrogen and oxygen atoms in total. The molecule has 4 rings (SSSR count). The fraction of sp³-hybridized carbons (Fsp3) is 0.450. The van der Waals surface area contributed by atoms with Crippen LogP contribution in [0.3, 0.4) is 0 Å². The predicted molar refractivity (Wildman–Crippen MR) is 104 cm³/mol. The van der Waals surface area contributed by atoms with E-state index in [0.717, 1.165) is 19.0 Å². The Bertz CT molecular complexity index is 919. The van der Waals surface area contributed by atoms with Crippen LogP contribution in [0.25, 0.3) is 0 Å². The number of hydrogen-bond acceptors (Lipinski definition) is 6. The lowest BCUT2D eigenvalue weighted by molar-refractivity contribution is -0.137. The smallest absolute Gasteiger partial charge is 0.418 e. The van der Waals surface area contributed by atoms with Crippen molar-refractivity contribution < 1.29 is 22.6 Å². The minimum atomic E-state index is -4.46. The van der Waals surface area contributed by atoms with Gasteiger partial charge in [-0.15, -0.1) is 0 Å². The second-order valence-electron chi connectivity index (χ2n) is 7.27. The average Bonchev–Trinajstić information content (AvgIpc) is 2.99. The van der Waals surface area contributed by atoms with Crippen molar-refractivity contribution in [2.75, 3.05) is 44.6 Å². The standard InChI is InChI=1S/C20H23F3N4O2/c1-27-16-6-7-24-10-13(16)12-8-11(9-14(18(12)27)20(21,22)23)25-15-4-5-17(28-2)26-19(15)29-3/h4-5,8-9,13,16,24-25H,6-7,10H2,1-3H3/t13-,16-/m1/s1. The summed E-state index contributed by atoms with van der Waals surface area (Å²) in [7, 11) is 4.69. The molecule has 0 radical (unpaired) electrons. The lowest BCUT2D eigenvalue weighted by Crippen LogP contribution is -2.42. The van der Waals surface area contributed by atoms with Crippen LogP contribution in [0.5, 0.6) is 11.8 Å². The van der Waals surface area contributed by atoms with Gasteiger partial charge in [0.1, 0.15) is 5.69 Å². The summed E-state index contributed by atoms with van der Waals surface area (Å²) in [6, 6.07) is 6.33. The van der Waals surface area contributed by atoms with Gasteiger partial charge in [-0.1, -0.05) is 0 Å². The van der Waals surface area contributed by atoms with Gasteiger partial charge in [0, 0.05) is 37.3 Å². The van der Waals surface area contributed by atoms with Crippen molar-refractivity contribution in [3.8, 4) is 11.8 Å². The highest BCUT2D eigenvalue weighted by atomic mass is 19.4. The van der Waals surface area contributed by atoms with Gasteiger partial charge in [0.2, 0.25) is 11.8 Å². The number of piperidine rings is 1. The third-order valence-electron chi connectivity index (χ3n) is 5.66. The van der Waals surface area contributed by atoms with Crippen molar-refractivity contribution >= 4 is 17.1 Å². The topological polar surface area (TPSA) is 58.7 Å². The first-order chi connectivity index (χ1) is 13.8. The zero-order valence-electron chi connectivity index (χ0n) is 16.4. The van der Waals surface area contributed by atoms with Crippen molar-refractivity contribution in [2.24, 2.45) is 0 Å². The molecular formula is C20H23F3N4O2. The molecule has 3 heterocycles. The maximum Gasteiger partial charge on any atom is 0.418 e. The van der Waals surface area contributed by atoms with Gasteiger partial charge in [0.25, 0.3) is 0 Å². The van der Waals surface area contributed by atoms with Gasteiger partial charge in [-0.25, -0.2) is 0 Å². The first-order valence-corrected chi connectivity index (χ1v) is 9.38. The van der Waals surface area contributed by atoms with Gasteiger partial charge in [-0.2, -0.15) is 18.2 Å². The number of anilines is 3. The van der Waals surface area contributed by atoms with E-state index in [9.17, 15) is 13.2 Å². The fourth-order valence-electron chi connectivity index (χ4n) is 4.36. The van der Waals surface area contributed by atoms with Crippen LogP contribution in [0, 0.1) is 0 Å². The van der Waals surface area contributed by atoms with Crippen LogP contribution in [0.4, 0.5) is 30.2 Å². The van der Waals surface area contributed by atoms with E-state index in [0.29, 0.717) is 29.4 Å². The summed E-state index contributed by atoms with van der Waals surface area (Å²) in [5.74, 6) is 0.616. The number of fused-ring (bicyclic) bond motifs is 3. The second-order valence-corrected chi connectivity index (χ2v) is 7.27. The van der Waals surface area contributed by atoms with Crippen LogP contribution in [-0.4, -0.2) is 45.4 Å². The minimum absolute atomic E-state index is 0.0162. The highest BCUT2D eigenvalue weighted by molar-refractivity contribution is 5.75. The fourth-order valence-corrected chi connectivity index (χ4v) is 4.36. The molecule has 9 heteroatoms. The average molecular weight is 408 g/mol. The van der Waals surface area contributed by atoms with E-state index in [1.54, 1.807) is 24.1 Å². The molecule has 2 aliphatic rings. The number of nitrogens with zero attached hydrogens (tertiary/aromatic N) is 2. The van der Waals surface area contributed by atoms with Gasteiger partial charge in [0.15, 0.2) is 0 Å². The van der Waals surface area contributed by atoms with Crippen molar-refractivity contribution in [3.05, 3.63) is 35.4 Å². The molecule has 156 valence electrons. The SMILES string of the molecule is COc1ccc(Nc2cc3c(c(C(F)(F)F)c2)N(C)[C@@H]2CCNC[C@H]32)c(OC)n1. The van der Waals surface area contributed by atoms with Crippen molar-refractivity contribution in [2.45, 2.75) is 24.6 Å². The zero-order valence-corrected chi connectivity index (χ0v) is 16.4. The Balaban J connectivity index is 1.79. The normalized spacial score (nSPS) is 20.8. The number of aromatic nitrogens is 1. The molecule has 2 N–H and O–H groups in total. The molecule has 0 spiro atoms.